The summed E-state index contributed by atoms with van der Waals surface area (Å²) in [5.41, 5.74) is 1.39. The van der Waals surface area contributed by atoms with Gasteiger partial charge in [0, 0.05) is 17.7 Å². The Hall–Kier alpha value is -1.17. The second kappa shape index (κ2) is 14.0. The molecule has 0 aliphatic rings. The van der Waals surface area contributed by atoms with Crippen LogP contribution in [-0.2, 0) is 0 Å². The molecular formula is C23H31ClLiO4P. The second-order valence-electron chi connectivity index (χ2n) is 6.73. The Morgan fingerprint density at radius 1 is 0.933 bits per heavy atom. The number of carbonyl (C=O) groups excluding carboxylic acids is 1. The van der Waals surface area contributed by atoms with E-state index in [9.17, 15) is 4.79 Å². The Balaban J connectivity index is 0.00000450. The zero-order chi connectivity index (χ0) is 21.2. The van der Waals surface area contributed by atoms with Crippen molar-refractivity contribution >= 4 is 49.9 Å². The van der Waals surface area contributed by atoms with Gasteiger partial charge in [0.05, 0.1) is 30.1 Å². The first-order chi connectivity index (χ1) is 14.0. The van der Waals surface area contributed by atoms with Crippen molar-refractivity contribution in [3.05, 3.63) is 46.5 Å². The Bertz CT molecular complexity index is 780. The van der Waals surface area contributed by atoms with Gasteiger partial charge in [-0.15, -0.1) is 0 Å². The van der Waals surface area contributed by atoms with Crippen molar-refractivity contribution in [2.45, 2.75) is 47.0 Å². The predicted octanol–water partition coefficient (Wildman–Crippen LogP) is 5.51. The number of ether oxygens (including phenoxy) is 3. The molecule has 0 N–H and O–H groups in total. The molecule has 0 amide bonds. The average Bonchev–Trinajstić information content (AvgIpc) is 2.70. The fraction of sp³-hybridized carbons (Fsp3) is 0.435. The summed E-state index contributed by atoms with van der Waals surface area (Å²) in [4.78, 5) is 13.2. The van der Waals surface area contributed by atoms with E-state index in [2.05, 4.69) is 6.92 Å². The Morgan fingerprint density at radius 2 is 1.47 bits per heavy atom. The molecule has 7 heteroatoms. The standard InChI is InChI=1S/C23H30ClO4P.Li.H/c1-5-11-26-17-14-19(27-12-6-2)22(20(15-17)28-13-7-3)29-23(25)21-16(4)9-8-10-18(21)24;;/h8-10,14-15,29H,5-7,11-13H2,1-4H3;;. The van der Waals surface area contributed by atoms with Gasteiger partial charge < -0.3 is 14.2 Å². The Morgan fingerprint density at radius 3 is 1.97 bits per heavy atom. The molecule has 2 aromatic rings. The first-order valence-electron chi connectivity index (χ1n) is 10.1. The van der Waals surface area contributed by atoms with Crippen LogP contribution in [0.1, 0.15) is 56.0 Å². The van der Waals surface area contributed by atoms with Gasteiger partial charge in [-0.1, -0.05) is 44.5 Å². The zero-order valence-corrected chi connectivity index (χ0v) is 19.4. The molecule has 0 saturated carbocycles. The molecule has 0 aliphatic heterocycles. The van der Waals surface area contributed by atoms with Crippen molar-refractivity contribution in [1.29, 1.82) is 0 Å². The summed E-state index contributed by atoms with van der Waals surface area (Å²) >= 11 is 6.32. The third kappa shape index (κ3) is 7.51. The van der Waals surface area contributed by atoms with Crippen molar-refractivity contribution in [2.75, 3.05) is 19.8 Å². The van der Waals surface area contributed by atoms with Crippen LogP contribution in [0.4, 0.5) is 0 Å². The van der Waals surface area contributed by atoms with E-state index < -0.39 is 0 Å². The molecule has 0 spiro atoms. The van der Waals surface area contributed by atoms with E-state index in [0.717, 1.165) is 30.1 Å². The molecule has 0 fully saturated rings. The molecular weight excluding hydrogens is 414 g/mol. The van der Waals surface area contributed by atoms with Gasteiger partial charge in [0.15, 0.2) is 5.52 Å². The number of aryl methyl sites for hydroxylation is 1. The number of carbonyl (C=O) groups is 1. The summed E-state index contributed by atoms with van der Waals surface area (Å²) < 4.78 is 17.8. The van der Waals surface area contributed by atoms with Crippen molar-refractivity contribution in [2.24, 2.45) is 0 Å². The molecule has 0 radical (unpaired) electrons. The van der Waals surface area contributed by atoms with Crippen molar-refractivity contribution in [1.82, 2.24) is 0 Å². The van der Waals surface area contributed by atoms with E-state index in [1.807, 2.05) is 45.0 Å². The van der Waals surface area contributed by atoms with E-state index in [4.69, 9.17) is 25.8 Å². The van der Waals surface area contributed by atoms with Crippen LogP contribution in [-0.4, -0.2) is 44.2 Å². The third-order valence-electron chi connectivity index (χ3n) is 4.12. The summed E-state index contributed by atoms with van der Waals surface area (Å²) in [5.74, 6) is 1.98. The van der Waals surface area contributed by atoms with Crippen molar-refractivity contribution in [3.8, 4) is 17.2 Å². The van der Waals surface area contributed by atoms with Gasteiger partial charge in [-0.05, 0) is 46.4 Å². The van der Waals surface area contributed by atoms with Gasteiger partial charge in [0.2, 0.25) is 0 Å². The van der Waals surface area contributed by atoms with Crippen LogP contribution < -0.4 is 19.5 Å². The molecule has 1 unspecified atom stereocenters. The molecule has 0 bridgehead atoms. The molecule has 4 nitrogen and oxygen atoms in total. The van der Waals surface area contributed by atoms with Gasteiger partial charge in [-0.3, -0.25) is 4.79 Å². The fourth-order valence-electron chi connectivity index (χ4n) is 2.74. The quantitative estimate of drug-likeness (QED) is 0.320. The zero-order valence-electron chi connectivity index (χ0n) is 17.6. The molecule has 160 valence electrons. The Labute approximate surface area is 199 Å². The molecule has 30 heavy (non-hydrogen) atoms. The van der Waals surface area contributed by atoms with Crippen LogP contribution >= 0.6 is 20.2 Å². The number of benzene rings is 2. The summed E-state index contributed by atoms with van der Waals surface area (Å²) in [7, 11) is -0.162. The molecule has 2 rings (SSSR count). The summed E-state index contributed by atoms with van der Waals surface area (Å²) in [6.07, 6.45) is 2.64. The topological polar surface area (TPSA) is 44.8 Å². The van der Waals surface area contributed by atoms with Crippen molar-refractivity contribution in [3.63, 3.8) is 0 Å². The molecule has 0 aromatic heterocycles. The van der Waals surface area contributed by atoms with E-state index >= 15 is 0 Å². The normalized spacial score (nSPS) is 10.7. The van der Waals surface area contributed by atoms with Crippen LogP contribution in [0.2, 0.25) is 5.02 Å². The van der Waals surface area contributed by atoms with E-state index in [0.29, 0.717) is 47.7 Å². The molecule has 1 atom stereocenters. The number of hydrogen-bond acceptors (Lipinski definition) is 4. The third-order valence-corrected chi connectivity index (χ3v) is 5.66. The minimum absolute atomic E-state index is 0. The molecule has 0 heterocycles. The number of hydrogen-bond donors (Lipinski definition) is 0. The maximum atomic E-state index is 13.2. The van der Waals surface area contributed by atoms with Gasteiger partial charge in [0.25, 0.3) is 0 Å². The average molecular weight is 445 g/mol. The van der Waals surface area contributed by atoms with Gasteiger partial charge in [-0.2, -0.15) is 0 Å². The van der Waals surface area contributed by atoms with E-state index in [-0.39, 0.29) is 33.0 Å². The Kier molecular flexibility index (Phi) is 12.5. The van der Waals surface area contributed by atoms with Gasteiger partial charge in [0.1, 0.15) is 17.2 Å². The van der Waals surface area contributed by atoms with Crippen LogP contribution in [0, 0.1) is 6.92 Å². The number of rotatable bonds is 12. The summed E-state index contributed by atoms with van der Waals surface area (Å²) in [5, 5.41) is 1.23. The van der Waals surface area contributed by atoms with Crippen LogP contribution in [0.3, 0.4) is 0 Å². The first kappa shape index (κ1) is 26.9. The second-order valence-corrected chi connectivity index (χ2v) is 8.34. The van der Waals surface area contributed by atoms with Gasteiger partial charge in [-0.25, -0.2) is 0 Å². The van der Waals surface area contributed by atoms with Crippen LogP contribution in [0.25, 0.3) is 0 Å². The molecule has 2 aromatic carbocycles. The van der Waals surface area contributed by atoms with Crippen molar-refractivity contribution < 1.29 is 19.0 Å². The maximum absolute atomic E-state index is 13.2. The predicted molar refractivity (Wildman–Crippen MR) is 129 cm³/mol. The van der Waals surface area contributed by atoms with Gasteiger partial charge >= 0.3 is 18.9 Å². The van der Waals surface area contributed by atoms with Crippen LogP contribution in [0.5, 0.6) is 17.2 Å². The SMILES string of the molecule is CCCOc1cc(OCCC)c(PC(=O)c2c(C)cccc2Cl)c(OCCC)c1.[LiH]. The fourth-order valence-corrected chi connectivity index (χ4v) is 4.35. The van der Waals surface area contributed by atoms with E-state index in [1.54, 1.807) is 6.07 Å². The molecule has 0 saturated heterocycles. The number of halogens is 1. The van der Waals surface area contributed by atoms with E-state index in [1.165, 1.54) is 0 Å². The monoisotopic (exact) mass is 444 g/mol. The molecule has 0 aliphatic carbocycles. The summed E-state index contributed by atoms with van der Waals surface area (Å²) in [6.45, 7) is 9.78. The minimum atomic E-state index is -0.162. The summed E-state index contributed by atoms with van der Waals surface area (Å²) in [6, 6.07) is 9.21. The van der Waals surface area contributed by atoms with Crippen LogP contribution in [0.15, 0.2) is 30.3 Å². The first-order valence-corrected chi connectivity index (χ1v) is 11.5.